The minimum Gasteiger partial charge on any atom is -0.456 e. The molecule has 18 aromatic carbocycles. The number of hydrogen-bond acceptors (Lipinski definition) is 4. The lowest BCUT2D eigenvalue weighted by Gasteiger charge is -2.07. The average molecular weight is 1650 g/mol. The van der Waals surface area contributed by atoms with E-state index in [0.717, 1.165) is 84.5 Å². The number of hydrogen-bond donors (Lipinski definition) is 0. The van der Waals surface area contributed by atoms with Crippen molar-refractivity contribution in [3.8, 4) is 66.8 Å². The third-order valence-corrected chi connectivity index (χ3v) is 22.7. The van der Waals surface area contributed by atoms with Crippen molar-refractivity contribution in [3.63, 3.8) is 0 Å². The number of fused-ring (bicyclic) bond motifs is 20. The van der Waals surface area contributed by atoms with Crippen molar-refractivity contribution in [1.29, 1.82) is 0 Å². The first-order valence-electron chi connectivity index (χ1n) is 35.7. The molecular weight excluding hydrogens is 1580 g/mol. The summed E-state index contributed by atoms with van der Waals surface area (Å²) < 4.78 is 29.1. The Balaban J connectivity index is 0.0000000985. The molecule has 0 saturated heterocycles. The molecule has 0 radical (unpaired) electrons. The molecule has 512 valence electrons. The molecule has 0 unspecified atom stereocenters. The second-order valence-corrected chi connectivity index (χ2v) is 30.7. The van der Waals surface area contributed by atoms with Gasteiger partial charge in [0, 0.05) is 66.5 Å². The Bertz CT molecular complexity index is 7190. The first-order chi connectivity index (χ1) is 53.1. The second kappa shape index (κ2) is 28.4. The molecule has 4 heterocycles. The summed E-state index contributed by atoms with van der Waals surface area (Å²) in [4.78, 5) is 0. The minimum absolute atomic E-state index is 0.925. The zero-order valence-electron chi connectivity index (χ0n) is 57.8. The number of halogens is 4. The van der Waals surface area contributed by atoms with Crippen molar-refractivity contribution in [2.24, 2.45) is 0 Å². The van der Waals surface area contributed by atoms with Crippen LogP contribution in [0, 0.1) is 0 Å². The highest BCUT2D eigenvalue weighted by molar-refractivity contribution is 9.11. The lowest BCUT2D eigenvalue weighted by molar-refractivity contribution is 0.669. The third-order valence-electron chi connectivity index (χ3n) is 20.6. The first-order valence-corrected chi connectivity index (χ1v) is 38.9. The highest BCUT2D eigenvalue weighted by Crippen LogP contribution is 2.44. The monoisotopic (exact) mass is 1640 g/mol. The average Bonchev–Trinajstić information content (AvgIpc) is 1.85. The predicted molar refractivity (Wildman–Crippen MR) is 468 cm³/mol. The van der Waals surface area contributed by atoms with Gasteiger partial charge in [0.25, 0.3) is 0 Å². The summed E-state index contributed by atoms with van der Waals surface area (Å²) in [6, 6.07) is 128. The van der Waals surface area contributed by atoms with Gasteiger partial charge < -0.3 is 17.7 Å². The van der Waals surface area contributed by atoms with Crippen molar-refractivity contribution in [2.45, 2.75) is 0 Å². The van der Waals surface area contributed by atoms with Gasteiger partial charge in [0.1, 0.15) is 44.7 Å². The molecule has 22 rings (SSSR count). The smallest absolute Gasteiger partial charge is 0.143 e. The molecule has 0 aliphatic rings. The summed E-state index contributed by atoms with van der Waals surface area (Å²) in [5.74, 6) is 0. The van der Waals surface area contributed by atoms with E-state index in [2.05, 4.69) is 428 Å². The predicted octanol–water partition coefficient (Wildman–Crippen LogP) is 32.0. The molecule has 0 spiro atoms. The summed E-state index contributed by atoms with van der Waals surface area (Å²) >= 11 is 14.0. The SMILES string of the molecule is Brc1ccc(-c2ccc(-c3cccc4c3oc3ccc5ccccc5c34)cc2)cc1.Brc1ccc(-c2ccc3c(c2)oc2ccc4ccccc4c23)cc1.Brc1ccc(-c2ccc3oc4ccc5ccccc5c4c3c2)cc1.Brc1ccc(-c2cccc(-c3ccc4oc5ccc6ccccc6c5c4c3)c2)cc1. The van der Waals surface area contributed by atoms with Gasteiger partial charge in [0.2, 0.25) is 0 Å². The zero-order chi connectivity index (χ0) is 72.3. The largest absolute Gasteiger partial charge is 0.456 e. The van der Waals surface area contributed by atoms with Crippen LogP contribution in [0.5, 0.6) is 0 Å². The van der Waals surface area contributed by atoms with Crippen molar-refractivity contribution >= 4 is 195 Å². The van der Waals surface area contributed by atoms with Gasteiger partial charge in [-0.3, -0.25) is 0 Å². The minimum atomic E-state index is 0.925. The van der Waals surface area contributed by atoms with Crippen LogP contribution in [0.3, 0.4) is 0 Å². The van der Waals surface area contributed by atoms with Crippen LogP contribution >= 0.6 is 63.7 Å². The van der Waals surface area contributed by atoms with Crippen LogP contribution in [0.2, 0.25) is 0 Å². The van der Waals surface area contributed by atoms with E-state index < -0.39 is 0 Å². The van der Waals surface area contributed by atoms with Gasteiger partial charge in [0.15, 0.2) is 0 Å². The van der Waals surface area contributed by atoms with Crippen LogP contribution in [0.25, 0.3) is 198 Å². The van der Waals surface area contributed by atoms with Gasteiger partial charge in [0.05, 0.1) is 0 Å². The first kappa shape index (κ1) is 66.8. The van der Waals surface area contributed by atoms with Crippen molar-refractivity contribution in [2.75, 3.05) is 0 Å². The Morgan fingerprint density at radius 2 is 0.444 bits per heavy atom. The topological polar surface area (TPSA) is 52.6 Å². The molecule has 0 aliphatic carbocycles. The van der Waals surface area contributed by atoms with Crippen LogP contribution < -0.4 is 0 Å². The summed E-state index contributed by atoms with van der Waals surface area (Å²) in [7, 11) is 0. The molecule has 4 nitrogen and oxygen atoms in total. The fraction of sp³-hybridized carbons (Fsp3) is 0. The van der Waals surface area contributed by atoms with Crippen molar-refractivity contribution in [1.82, 2.24) is 0 Å². The zero-order valence-corrected chi connectivity index (χ0v) is 64.1. The van der Waals surface area contributed by atoms with E-state index in [4.69, 9.17) is 17.7 Å². The molecule has 4 aromatic heterocycles. The lowest BCUT2D eigenvalue weighted by Crippen LogP contribution is -1.82. The van der Waals surface area contributed by atoms with Crippen LogP contribution in [0.15, 0.2) is 400 Å². The van der Waals surface area contributed by atoms with Gasteiger partial charge in [-0.15, -0.1) is 0 Å². The van der Waals surface area contributed by atoms with Gasteiger partial charge in [-0.05, 0) is 220 Å². The molecule has 22 aromatic rings. The molecule has 0 aliphatic heterocycles. The van der Waals surface area contributed by atoms with E-state index in [1.54, 1.807) is 0 Å². The molecule has 0 fully saturated rings. The molecule has 0 N–H and O–H groups in total. The number of rotatable bonds is 6. The standard InChI is InChI=1S/2C28H17BrO.2C22H13BrO/c29-23-12-8-18(9-13-23)20-5-3-6-21(16-20)22-11-14-26-25(17-22)28-24-7-2-1-4-19(24)10-15-27(28)30-26;29-22-15-12-19(13-16-22)18-8-10-21(11-9-18)24-6-3-7-25-27-23-5-2-1-4-20(23)14-17-26(27)30-28(24)25;23-17-9-5-14(6-10-17)16-8-11-20-19(13-16)22-18-4-2-1-3-15(18)7-12-21(22)24-20;23-17-9-5-14(6-10-17)16-7-11-19-21(13-16)24-20-12-8-15-3-1-2-4-18(15)22(19)20/h2*1-17H;2*1-13H. The molecule has 0 bridgehead atoms. The Labute approximate surface area is 655 Å². The van der Waals surface area contributed by atoms with Gasteiger partial charge in [-0.1, -0.05) is 312 Å². The molecular formula is C100H60Br4O4. The maximum absolute atomic E-state index is 6.37. The van der Waals surface area contributed by atoms with E-state index in [1.165, 1.54) is 131 Å². The van der Waals surface area contributed by atoms with Gasteiger partial charge >= 0.3 is 0 Å². The molecule has 8 heteroatoms. The van der Waals surface area contributed by atoms with Crippen LogP contribution in [-0.4, -0.2) is 0 Å². The normalized spacial score (nSPS) is 11.5. The van der Waals surface area contributed by atoms with E-state index >= 15 is 0 Å². The number of benzene rings is 18. The van der Waals surface area contributed by atoms with Crippen molar-refractivity contribution < 1.29 is 17.7 Å². The van der Waals surface area contributed by atoms with Gasteiger partial charge in [-0.2, -0.15) is 0 Å². The van der Waals surface area contributed by atoms with Crippen LogP contribution in [-0.2, 0) is 0 Å². The Kier molecular flexibility index (Phi) is 17.6. The highest BCUT2D eigenvalue weighted by Gasteiger charge is 2.18. The Morgan fingerprint density at radius 3 is 0.889 bits per heavy atom. The quantitative estimate of drug-likeness (QED) is 0.166. The fourth-order valence-corrected chi connectivity index (χ4v) is 16.3. The second-order valence-electron chi connectivity index (χ2n) is 27.0. The molecule has 0 atom stereocenters. The third kappa shape index (κ3) is 12.7. The molecule has 0 amide bonds. The number of furan rings is 4. The van der Waals surface area contributed by atoms with E-state index in [0.29, 0.717) is 0 Å². The maximum atomic E-state index is 6.37. The van der Waals surface area contributed by atoms with Crippen molar-refractivity contribution in [3.05, 3.63) is 382 Å². The summed E-state index contributed by atoms with van der Waals surface area (Å²) in [6.45, 7) is 0. The van der Waals surface area contributed by atoms with E-state index in [-0.39, 0.29) is 0 Å². The maximum Gasteiger partial charge on any atom is 0.143 e. The van der Waals surface area contributed by atoms with E-state index in [1.807, 2.05) is 0 Å². The summed E-state index contributed by atoms with van der Waals surface area (Å²) in [6.07, 6.45) is 0. The molecule has 0 saturated carbocycles. The highest BCUT2D eigenvalue weighted by atomic mass is 79.9. The Morgan fingerprint density at radius 1 is 0.157 bits per heavy atom. The van der Waals surface area contributed by atoms with Crippen LogP contribution in [0.4, 0.5) is 0 Å². The molecule has 108 heavy (non-hydrogen) atoms. The Hall–Kier alpha value is -11.9. The lowest BCUT2D eigenvalue weighted by atomic mass is 9.97. The fourth-order valence-electron chi connectivity index (χ4n) is 15.3. The summed E-state index contributed by atoms with van der Waals surface area (Å²) in [5, 5.41) is 19.3. The van der Waals surface area contributed by atoms with E-state index in [9.17, 15) is 0 Å². The number of para-hydroxylation sites is 1. The van der Waals surface area contributed by atoms with Gasteiger partial charge in [-0.25, -0.2) is 0 Å². The summed E-state index contributed by atoms with van der Waals surface area (Å²) in [5.41, 5.74) is 21.7. The van der Waals surface area contributed by atoms with Crippen LogP contribution in [0.1, 0.15) is 0 Å².